The molecule has 2 amide bonds. The van der Waals surface area contributed by atoms with Crippen LogP contribution in [0.15, 0.2) is 29.2 Å². The predicted octanol–water partition coefficient (Wildman–Crippen LogP) is 3.33. The first-order chi connectivity index (χ1) is 12.5. The maximum absolute atomic E-state index is 12.8. The molecule has 0 unspecified atom stereocenters. The van der Waals surface area contributed by atoms with Crippen LogP contribution in [0.3, 0.4) is 0 Å². The van der Waals surface area contributed by atoms with Gasteiger partial charge in [0.15, 0.2) is 0 Å². The Hall–Kier alpha value is -1.79. The maximum atomic E-state index is 12.8. The second kappa shape index (κ2) is 9.78. The molecule has 0 atom stereocenters. The van der Waals surface area contributed by atoms with Gasteiger partial charge in [0.05, 0.1) is 23.7 Å². The summed E-state index contributed by atoms with van der Waals surface area (Å²) in [5.74, 6) is 1.05. The first kappa shape index (κ1) is 20.5. The number of ether oxygens (including phenoxy) is 1. The highest BCUT2D eigenvalue weighted by molar-refractivity contribution is 8.04. The van der Waals surface area contributed by atoms with E-state index in [1.807, 2.05) is 31.2 Å². The summed E-state index contributed by atoms with van der Waals surface area (Å²) >= 11 is 1.24. The average Bonchev–Trinajstić information content (AvgIpc) is 2.86. The smallest absolute Gasteiger partial charge is 0.267 e. The van der Waals surface area contributed by atoms with Crippen molar-refractivity contribution in [1.29, 1.82) is 0 Å². The Morgan fingerprint density at radius 3 is 2.42 bits per heavy atom. The lowest BCUT2D eigenvalue weighted by atomic mass is 10.1. The minimum atomic E-state index is -0.253. The van der Waals surface area contributed by atoms with E-state index in [0.717, 1.165) is 18.6 Å². The molecular weight excluding hydrogens is 350 g/mol. The zero-order valence-electron chi connectivity index (χ0n) is 15.7. The van der Waals surface area contributed by atoms with Gasteiger partial charge in [-0.15, -0.1) is 11.8 Å². The Kier molecular flexibility index (Phi) is 7.72. The van der Waals surface area contributed by atoms with E-state index in [9.17, 15) is 9.59 Å². The molecule has 1 aromatic rings. The van der Waals surface area contributed by atoms with E-state index in [-0.39, 0.29) is 18.4 Å². The number of aliphatic hydroxyl groups excluding tert-OH is 1. The van der Waals surface area contributed by atoms with Crippen LogP contribution in [0.1, 0.15) is 39.2 Å². The number of hydrogen-bond acceptors (Lipinski definition) is 5. The lowest BCUT2D eigenvalue weighted by Gasteiger charge is -2.14. The summed E-state index contributed by atoms with van der Waals surface area (Å²) in [7, 11) is 0. The molecule has 5 nitrogen and oxygen atoms in total. The molecule has 0 radical (unpaired) electrons. The number of hydrogen-bond donors (Lipinski definition) is 1. The first-order valence-electron chi connectivity index (χ1n) is 9.06. The summed E-state index contributed by atoms with van der Waals surface area (Å²) in [5, 5.41) is 9.11. The van der Waals surface area contributed by atoms with Gasteiger partial charge in [-0.25, -0.2) is 0 Å². The van der Waals surface area contributed by atoms with Crippen LogP contribution in [0.4, 0.5) is 0 Å². The van der Waals surface area contributed by atoms with Gasteiger partial charge in [-0.3, -0.25) is 14.5 Å². The molecule has 0 aliphatic carbocycles. The molecule has 0 spiro atoms. The molecule has 6 heteroatoms. The molecule has 0 saturated carbocycles. The van der Waals surface area contributed by atoms with Crippen LogP contribution in [0.2, 0.25) is 0 Å². The molecule has 1 N–H and O–H groups in total. The standard InChI is InChI=1S/C20H27NO4S/c1-4-5-10-21-19(23)17(18(20(21)24)26-12-11-22)15-6-8-16(9-7-15)25-13-14(2)3/h6-9,14,22H,4-5,10-13H2,1-3H3. The van der Waals surface area contributed by atoms with Crippen molar-refractivity contribution in [3.05, 3.63) is 34.7 Å². The van der Waals surface area contributed by atoms with Crippen molar-refractivity contribution >= 4 is 29.1 Å². The number of thioether (sulfide) groups is 1. The average molecular weight is 378 g/mol. The largest absolute Gasteiger partial charge is 0.493 e. The second-order valence-corrected chi connectivity index (χ2v) is 7.73. The highest BCUT2D eigenvalue weighted by Gasteiger charge is 2.38. The van der Waals surface area contributed by atoms with E-state index >= 15 is 0 Å². The van der Waals surface area contributed by atoms with Crippen LogP contribution in [-0.4, -0.2) is 47.3 Å². The van der Waals surface area contributed by atoms with E-state index in [1.54, 1.807) is 0 Å². The SMILES string of the molecule is CCCCN1C(=O)C(SCCO)=C(c2ccc(OCC(C)C)cc2)C1=O. The number of aliphatic hydroxyl groups is 1. The molecular formula is C20H27NO4S. The fourth-order valence-electron chi connectivity index (χ4n) is 2.59. The van der Waals surface area contributed by atoms with Gasteiger partial charge in [0, 0.05) is 12.3 Å². The van der Waals surface area contributed by atoms with Crippen molar-refractivity contribution in [2.45, 2.75) is 33.6 Å². The summed E-state index contributed by atoms with van der Waals surface area (Å²) in [6.45, 7) is 7.20. The highest BCUT2D eigenvalue weighted by atomic mass is 32.2. The van der Waals surface area contributed by atoms with Gasteiger partial charge in [-0.1, -0.05) is 39.3 Å². The van der Waals surface area contributed by atoms with Gasteiger partial charge >= 0.3 is 0 Å². The van der Waals surface area contributed by atoms with Crippen molar-refractivity contribution in [1.82, 2.24) is 4.90 Å². The van der Waals surface area contributed by atoms with Crippen LogP contribution < -0.4 is 4.74 Å². The fraction of sp³-hybridized carbons (Fsp3) is 0.500. The lowest BCUT2D eigenvalue weighted by molar-refractivity contribution is -0.136. The van der Waals surface area contributed by atoms with Crippen LogP contribution in [-0.2, 0) is 9.59 Å². The molecule has 2 rings (SSSR count). The number of imide groups is 1. The van der Waals surface area contributed by atoms with Gasteiger partial charge in [-0.05, 0) is 30.0 Å². The minimum absolute atomic E-state index is 0.0418. The van der Waals surface area contributed by atoms with Gasteiger partial charge in [0.2, 0.25) is 0 Å². The Morgan fingerprint density at radius 1 is 1.15 bits per heavy atom. The van der Waals surface area contributed by atoms with Gasteiger partial charge in [0.1, 0.15) is 5.75 Å². The normalized spacial score (nSPS) is 14.7. The van der Waals surface area contributed by atoms with Gasteiger partial charge < -0.3 is 9.84 Å². The Morgan fingerprint density at radius 2 is 1.85 bits per heavy atom. The van der Waals surface area contributed by atoms with Crippen molar-refractivity contribution < 1.29 is 19.4 Å². The molecule has 142 valence electrons. The summed E-state index contributed by atoms with van der Waals surface area (Å²) in [6.07, 6.45) is 1.69. The number of carbonyl (C=O) groups excluding carboxylic acids is 2. The maximum Gasteiger partial charge on any atom is 0.267 e. The molecule has 1 aliphatic heterocycles. The van der Waals surface area contributed by atoms with Crippen LogP contribution in [0.5, 0.6) is 5.75 Å². The number of benzene rings is 1. The van der Waals surface area contributed by atoms with Gasteiger partial charge in [-0.2, -0.15) is 0 Å². The fourth-order valence-corrected chi connectivity index (χ4v) is 3.47. The summed E-state index contributed by atoms with van der Waals surface area (Å²) < 4.78 is 5.68. The summed E-state index contributed by atoms with van der Waals surface area (Å²) in [4.78, 5) is 27.3. The highest BCUT2D eigenvalue weighted by Crippen LogP contribution is 2.36. The lowest BCUT2D eigenvalue weighted by Crippen LogP contribution is -2.32. The molecule has 1 aliphatic rings. The molecule has 0 saturated heterocycles. The van der Waals surface area contributed by atoms with E-state index < -0.39 is 0 Å². The second-order valence-electron chi connectivity index (χ2n) is 6.62. The predicted molar refractivity (Wildman–Crippen MR) is 105 cm³/mol. The molecule has 26 heavy (non-hydrogen) atoms. The van der Waals surface area contributed by atoms with Crippen molar-refractivity contribution in [2.75, 3.05) is 25.5 Å². The summed E-state index contributed by atoms with van der Waals surface area (Å²) in [5.41, 5.74) is 1.14. The molecule has 1 aromatic carbocycles. The molecule has 1 heterocycles. The number of carbonyl (C=O) groups is 2. The van der Waals surface area contributed by atoms with Crippen LogP contribution in [0, 0.1) is 5.92 Å². The summed E-state index contributed by atoms with van der Waals surface area (Å²) in [6, 6.07) is 7.29. The van der Waals surface area contributed by atoms with Crippen LogP contribution >= 0.6 is 11.8 Å². The Labute approximate surface area is 159 Å². The van der Waals surface area contributed by atoms with Crippen LogP contribution in [0.25, 0.3) is 5.57 Å². The zero-order valence-corrected chi connectivity index (χ0v) is 16.5. The van der Waals surface area contributed by atoms with E-state index in [4.69, 9.17) is 9.84 Å². The van der Waals surface area contributed by atoms with E-state index in [1.165, 1.54) is 16.7 Å². The van der Waals surface area contributed by atoms with Crippen molar-refractivity contribution in [3.8, 4) is 5.75 Å². The van der Waals surface area contributed by atoms with Gasteiger partial charge in [0.25, 0.3) is 11.8 Å². The third-order valence-corrected chi connectivity index (χ3v) is 4.98. The molecule has 0 aromatic heterocycles. The van der Waals surface area contributed by atoms with E-state index in [0.29, 0.717) is 40.9 Å². The van der Waals surface area contributed by atoms with Crippen molar-refractivity contribution in [3.63, 3.8) is 0 Å². The quantitative estimate of drug-likeness (QED) is 0.634. The Balaban J connectivity index is 2.27. The molecule has 0 bridgehead atoms. The third kappa shape index (κ3) is 4.89. The Bertz CT molecular complexity index is 667. The minimum Gasteiger partial charge on any atom is -0.493 e. The number of unbranched alkanes of at least 4 members (excludes halogenated alkanes) is 1. The van der Waals surface area contributed by atoms with Crippen molar-refractivity contribution in [2.24, 2.45) is 5.92 Å². The number of rotatable bonds is 10. The molecule has 0 fully saturated rings. The third-order valence-electron chi connectivity index (χ3n) is 3.92. The monoisotopic (exact) mass is 377 g/mol. The zero-order chi connectivity index (χ0) is 19.1. The number of amides is 2. The number of nitrogens with zero attached hydrogens (tertiary/aromatic N) is 1. The first-order valence-corrected chi connectivity index (χ1v) is 10.1. The van der Waals surface area contributed by atoms with E-state index in [2.05, 4.69) is 13.8 Å². The topological polar surface area (TPSA) is 66.8 Å².